The van der Waals surface area contributed by atoms with Crippen LogP contribution in [0.25, 0.3) is 0 Å². The number of anilines is 1. The summed E-state index contributed by atoms with van der Waals surface area (Å²) in [5, 5.41) is 7.92. The van der Waals surface area contributed by atoms with E-state index in [4.69, 9.17) is 9.47 Å². The number of nitrogens with zero attached hydrogens (tertiary/aromatic N) is 5. The zero-order chi connectivity index (χ0) is 23.4. The van der Waals surface area contributed by atoms with Gasteiger partial charge in [-0.05, 0) is 17.7 Å². The molecule has 0 spiro atoms. The maximum atomic E-state index is 13.2. The number of thioether (sulfide) groups is 1. The number of alkyl halides is 3. The lowest BCUT2D eigenvalue weighted by molar-refractivity contribution is -0.141. The van der Waals surface area contributed by atoms with Crippen LogP contribution in [0.1, 0.15) is 11.7 Å². The lowest BCUT2D eigenvalue weighted by Crippen LogP contribution is -2.43. The molecule has 13 heteroatoms. The van der Waals surface area contributed by atoms with Gasteiger partial charge >= 0.3 is 6.18 Å². The first-order valence-corrected chi connectivity index (χ1v) is 11.4. The normalized spacial score (nSPS) is 19.7. The van der Waals surface area contributed by atoms with E-state index in [0.29, 0.717) is 39.5 Å². The second-order valence-corrected chi connectivity index (χ2v) is 8.57. The van der Waals surface area contributed by atoms with Gasteiger partial charge in [0.15, 0.2) is 5.16 Å². The Morgan fingerprint density at radius 3 is 2.52 bits per heavy atom. The summed E-state index contributed by atoms with van der Waals surface area (Å²) in [6, 6.07) is 5.87. The van der Waals surface area contributed by atoms with Crippen molar-refractivity contribution >= 4 is 23.6 Å². The Bertz CT molecular complexity index is 950. The van der Waals surface area contributed by atoms with Crippen LogP contribution < -0.4 is 4.90 Å². The summed E-state index contributed by atoms with van der Waals surface area (Å²) >= 11 is 0.923. The molecule has 2 fully saturated rings. The first-order valence-electron chi connectivity index (χ1n) is 10.4. The number of hydrogen-bond acceptors (Lipinski definition) is 7. The number of rotatable bonds is 6. The Labute approximate surface area is 191 Å². The molecule has 2 aromatic rings. The molecule has 1 aromatic heterocycles. The predicted octanol–water partition coefficient (Wildman–Crippen LogP) is 2.51. The minimum atomic E-state index is -4.46. The Morgan fingerprint density at radius 1 is 1.09 bits per heavy atom. The van der Waals surface area contributed by atoms with E-state index in [9.17, 15) is 22.4 Å². The third-order valence-corrected chi connectivity index (χ3v) is 6.27. The monoisotopic (exact) mass is 489 g/mol. The standard InChI is InChI=1S/C20H23F4N5O3S/c21-15-3-1-14(2-4-15)16-11-28(7-10-32-16)17(30)12-33-19-26-25-18(27-5-8-31-9-6-27)29(19)13-20(22,23)24/h1-4,16H,5-13H2. The van der Waals surface area contributed by atoms with E-state index in [1.165, 1.54) is 12.1 Å². The number of hydrogen-bond donors (Lipinski definition) is 0. The molecule has 1 unspecified atom stereocenters. The zero-order valence-corrected chi connectivity index (χ0v) is 18.4. The predicted molar refractivity (Wildman–Crippen MR) is 112 cm³/mol. The van der Waals surface area contributed by atoms with Gasteiger partial charge in [0.2, 0.25) is 11.9 Å². The minimum absolute atomic E-state index is 0.0329. The third kappa shape index (κ3) is 6.15. The fourth-order valence-electron chi connectivity index (χ4n) is 3.68. The SMILES string of the molecule is O=C(CSc1nnc(N2CCOCC2)n1CC(F)(F)F)N1CCOC(c2ccc(F)cc2)C1. The Kier molecular flexibility index (Phi) is 7.39. The fraction of sp³-hybridized carbons (Fsp3) is 0.550. The van der Waals surface area contributed by atoms with Crippen molar-refractivity contribution in [1.82, 2.24) is 19.7 Å². The number of halogens is 4. The van der Waals surface area contributed by atoms with Gasteiger partial charge in [-0.1, -0.05) is 23.9 Å². The van der Waals surface area contributed by atoms with Crippen molar-refractivity contribution in [2.45, 2.75) is 24.0 Å². The van der Waals surface area contributed by atoms with Crippen molar-refractivity contribution in [3.63, 3.8) is 0 Å². The Hall–Kier alpha value is -2.38. The van der Waals surface area contributed by atoms with Gasteiger partial charge < -0.3 is 19.3 Å². The van der Waals surface area contributed by atoms with Gasteiger partial charge in [-0.3, -0.25) is 9.36 Å². The van der Waals surface area contributed by atoms with Crippen LogP contribution >= 0.6 is 11.8 Å². The van der Waals surface area contributed by atoms with Crippen LogP contribution in [0.4, 0.5) is 23.5 Å². The molecule has 1 aromatic carbocycles. The highest BCUT2D eigenvalue weighted by molar-refractivity contribution is 7.99. The molecule has 2 saturated heterocycles. The second-order valence-electron chi connectivity index (χ2n) is 7.62. The molecule has 3 heterocycles. The molecule has 0 saturated carbocycles. The smallest absolute Gasteiger partial charge is 0.378 e. The van der Waals surface area contributed by atoms with Crippen molar-refractivity contribution in [2.75, 3.05) is 56.7 Å². The molecule has 1 atom stereocenters. The molecule has 33 heavy (non-hydrogen) atoms. The van der Waals surface area contributed by atoms with Crippen LogP contribution in [0.5, 0.6) is 0 Å². The van der Waals surface area contributed by atoms with Crippen molar-refractivity contribution in [3.05, 3.63) is 35.6 Å². The molecule has 180 valence electrons. The average molecular weight is 489 g/mol. The third-order valence-electron chi connectivity index (χ3n) is 5.31. The van der Waals surface area contributed by atoms with Crippen LogP contribution in [-0.4, -0.2) is 83.5 Å². The highest BCUT2D eigenvalue weighted by atomic mass is 32.2. The highest BCUT2D eigenvalue weighted by Gasteiger charge is 2.33. The summed E-state index contributed by atoms with van der Waals surface area (Å²) in [4.78, 5) is 16.1. The maximum Gasteiger partial charge on any atom is 0.406 e. The van der Waals surface area contributed by atoms with Gasteiger partial charge in [-0.15, -0.1) is 10.2 Å². The molecule has 0 N–H and O–H groups in total. The highest BCUT2D eigenvalue weighted by Crippen LogP contribution is 2.29. The summed E-state index contributed by atoms with van der Waals surface area (Å²) in [6.45, 7) is 1.33. The molecule has 0 bridgehead atoms. The number of morpholine rings is 2. The first-order chi connectivity index (χ1) is 15.8. The van der Waals surface area contributed by atoms with E-state index < -0.39 is 18.8 Å². The molecule has 0 aliphatic carbocycles. The van der Waals surface area contributed by atoms with E-state index in [2.05, 4.69) is 10.2 Å². The second kappa shape index (κ2) is 10.3. The number of aromatic nitrogens is 3. The van der Waals surface area contributed by atoms with Gasteiger partial charge in [-0.2, -0.15) is 13.2 Å². The Balaban J connectivity index is 1.41. The largest absolute Gasteiger partial charge is 0.406 e. The van der Waals surface area contributed by atoms with Gasteiger partial charge in [0.05, 0.1) is 32.1 Å². The first kappa shape index (κ1) is 23.8. The molecular weight excluding hydrogens is 466 g/mol. The minimum Gasteiger partial charge on any atom is -0.378 e. The Morgan fingerprint density at radius 2 is 1.82 bits per heavy atom. The van der Waals surface area contributed by atoms with E-state index >= 15 is 0 Å². The molecule has 2 aliphatic heterocycles. The average Bonchev–Trinajstić information content (AvgIpc) is 3.19. The number of carbonyl (C=O) groups excluding carboxylic acids is 1. The van der Waals surface area contributed by atoms with Gasteiger partial charge in [-0.25, -0.2) is 4.39 Å². The zero-order valence-electron chi connectivity index (χ0n) is 17.6. The van der Waals surface area contributed by atoms with Gasteiger partial charge in [0.25, 0.3) is 0 Å². The van der Waals surface area contributed by atoms with Crippen LogP contribution in [-0.2, 0) is 20.8 Å². The number of carbonyl (C=O) groups is 1. The summed E-state index contributed by atoms with van der Waals surface area (Å²) in [6.07, 6.45) is -4.86. The molecule has 8 nitrogen and oxygen atoms in total. The van der Waals surface area contributed by atoms with Crippen LogP contribution in [0.15, 0.2) is 29.4 Å². The van der Waals surface area contributed by atoms with E-state index in [0.717, 1.165) is 21.9 Å². The maximum absolute atomic E-state index is 13.2. The number of benzene rings is 1. The summed E-state index contributed by atoms with van der Waals surface area (Å²) in [5.74, 6) is -0.577. The number of amides is 1. The van der Waals surface area contributed by atoms with Crippen molar-refractivity contribution in [3.8, 4) is 0 Å². The number of ether oxygens (including phenoxy) is 2. The summed E-state index contributed by atoms with van der Waals surface area (Å²) in [5.41, 5.74) is 0.752. The van der Waals surface area contributed by atoms with Crippen LogP contribution in [0.3, 0.4) is 0 Å². The van der Waals surface area contributed by atoms with Gasteiger partial charge in [0.1, 0.15) is 18.5 Å². The fourth-order valence-corrected chi connectivity index (χ4v) is 4.51. The molecule has 0 radical (unpaired) electrons. The molecule has 1 amide bonds. The topological polar surface area (TPSA) is 72.7 Å². The van der Waals surface area contributed by atoms with E-state index in [1.807, 2.05) is 0 Å². The lowest BCUT2D eigenvalue weighted by Gasteiger charge is -2.33. The molecule has 2 aliphatic rings. The van der Waals surface area contributed by atoms with Crippen molar-refractivity contribution in [2.24, 2.45) is 0 Å². The van der Waals surface area contributed by atoms with Crippen LogP contribution in [0.2, 0.25) is 0 Å². The van der Waals surface area contributed by atoms with E-state index in [1.54, 1.807) is 21.9 Å². The molecule has 4 rings (SSSR count). The van der Waals surface area contributed by atoms with Crippen molar-refractivity contribution < 1.29 is 31.8 Å². The lowest BCUT2D eigenvalue weighted by atomic mass is 10.1. The summed E-state index contributed by atoms with van der Waals surface area (Å²) < 4.78 is 64.8. The molecular formula is C20H23F4N5O3S. The van der Waals surface area contributed by atoms with Crippen LogP contribution in [0, 0.1) is 5.82 Å². The van der Waals surface area contributed by atoms with E-state index in [-0.39, 0.29) is 35.1 Å². The van der Waals surface area contributed by atoms with Crippen molar-refractivity contribution in [1.29, 1.82) is 0 Å². The summed E-state index contributed by atoms with van der Waals surface area (Å²) in [7, 11) is 0. The van der Waals surface area contributed by atoms with Gasteiger partial charge in [0, 0.05) is 19.6 Å². The quantitative estimate of drug-likeness (QED) is 0.456.